The van der Waals surface area contributed by atoms with Crippen LogP contribution in [0.5, 0.6) is 11.5 Å². The van der Waals surface area contributed by atoms with Gasteiger partial charge in [-0.25, -0.2) is 0 Å². The van der Waals surface area contributed by atoms with Gasteiger partial charge in [0, 0.05) is 0 Å². The highest BCUT2D eigenvalue weighted by Gasteiger charge is 2.27. The van der Waals surface area contributed by atoms with Gasteiger partial charge >= 0.3 is 23.9 Å². The van der Waals surface area contributed by atoms with Gasteiger partial charge in [-0.2, -0.15) is 0 Å². The summed E-state index contributed by atoms with van der Waals surface area (Å²) in [6.45, 7) is 18.4. The van der Waals surface area contributed by atoms with Crippen molar-refractivity contribution in [1.29, 1.82) is 0 Å². The molecule has 1 aromatic rings. The van der Waals surface area contributed by atoms with Crippen LogP contribution in [-0.2, 0) is 35.1 Å². The minimum atomic E-state index is -1.03. The van der Waals surface area contributed by atoms with Gasteiger partial charge in [-0.15, -0.1) is 0 Å². The largest absolute Gasteiger partial charge is 0.459 e. The number of carbonyl (C=O) groups is 4. The van der Waals surface area contributed by atoms with E-state index >= 15 is 0 Å². The van der Waals surface area contributed by atoms with Crippen LogP contribution in [0.15, 0.2) is 18.2 Å². The van der Waals surface area contributed by atoms with Crippen LogP contribution in [0.3, 0.4) is 0 Å². The number of ether oxygens (including phenoxy) is 4. The highest BCUT2D eigenvalue weighted by atomic mass is 16.6. The first kappa shape index (κ1) is 34.1. The molecule has 0 spiro atoms. The molecule has 2 N–H and O–H groups in total. The number of carbonyl (C=O) groups excluding carboxylic acids is 4. The SMILES string of the molecule is CCC(C)C(=O)O[C@@H](C)[C@H](C)OC(=O)[C@@H](N)Cc1ccc(OC(=O)CC(C)(C)C)c(OC(=O)CC(C)(C)C)c1. The third kappa shape index (κ3) is 13.1. The molecule has 9 heteroatoms. The third-order valence-electron chi connectivity index (χ3n) is 5.84. The van der Waals surface area contributed by atoms with Crippen molar-refractivity contribution in [3.05, 3.63) is 23.8 Å². The molecular weight excluding hydrogens is 502 g/mol. The summed E-state index contributed by atoms with van der Waals surface area (Å²) in [6, 6.07) is 3.67. The van der Waals surface area contributed by atoms with Crippen molar-refractivity contribution in [1.82, 2.24) is 0 Å². The van der Waals surface area contributed by atoms with E-state index in [1.165, 1.54) is 12.1 Å². The molecule has 0 aliphatic rings. The quantitative estimate of drug-likeness (QED) is 0.278. The van der Waals surface area contributed by atoms with Crippen LogP contribution in [0, 0.1) is 16.7 Å². The molecule has 39 heavy (non-hydrogen) atoms. The van der Waals surface area contributed by atoms with Gasteiger partial charge in [-0.3, -0.25) is 19.2 Å². The summed E-state index contributed by atoms with van der Waals surface area (Å²) >= 11 is 0. The predicted molar refractivity (Wildman–Crippen MR) is 148 cm³/mol. The molecule has 0 bridgehead atoms. The van der Waals surface area contributed by atoms with Crippen molar-refractivity contribution < 1.29 is 38.1 Å². The Morgan fingerprint density at radius 2 is 1.23 bits per heavy atom. The van der Waals surface area contributed by atoms with Gasteiger partial charge in [-0.1, -0.05) is 61.5 Å². The van der Waals surface area contributed by atoms with Gasteiger partial charge in [0.1, 0.15) is 18.2 Å². The molecule has 0 saturated heterocycles. The standard InChI is InChI=1S/C30H47NO8/c1-11-18(2)27(34)36-19(3)20(4)37-28(35)22(31)14-21-12-13-23(38-25(32)16-29(5,6)7)24(15-21)39-26(33)17-30(8,9)10/h12-13,15,18-20,22H,11,14,16-17,31H2,1-10H3/t18?,19-,20-,22-/m0/s1. The smallest absolute Gasteiger partial charge is 0.323 e. The number of hydrogen-bond acceptors (Lipinski definition) is 9. The topological polar surface area (TPSA) is 131 Å². The molecular formula is C30H47NO8. The van der Waals surface area contributed by atoms with Crippen molar-refractivity contribution in [2.75, 3.05) is 0 Å². The third-order valence-corrected chi connectivity index (χ3v) is 5.84. The van der Waals surface area contributed by atoms with Gasteiger partial charge in [0.25, 0.3) is 0 Å². The highest BCUT2D eigenvalue weighted by Crippen LogP contribution is 2.32. The Hall–Kier alpha value is -2.94. The van der Waals surface area contributed by atoms with E-state index in [1.54, 1.807) is 26.8 Å². The van der Waals surface area contributed by atoms with Crippen LogP contribution < -0.4 is 15.2 Å². The van der Waals surface area contributed by atoms with Crippen molar-refractivity contribution in [3.63, 3.8) is 0 Å². The van der Waals surface area contributed by atoms with Gasteiger partial charge in [0.15, 0.2) is 11.5 Å². The van der Waals surface area contributed by atoms with Crippen molar-refractivity contribution in [3.8, 4) is 11.5 Å². The van der Waals surface area contributed by atoms with E-state index in [0.717, 1.165) is 0 Å². The van der Waals surface area contributed by atoms with Crippen LogP contribution in [0.4, 0.5) is 0 Å². The zero-order valence-electron chi connectivity index (χ0n) is 25.2. The Morgan fingerprint density at radius 1 is 0.769 bits per heavy atom. The molecule has 220 valence electrons. The van der Waals surface area contributed by atoms with Crippen molar-refractivity contribution in [2.24, 2.45) is 22.5 Å². The second-order valence-corrected chi connectivity index (χ2v) is 12.6. The molecule has 0 amide bonds. The first-order valence-electron chi connectivity index (χ1n) is 13.5. The van der Waals surface area contributed by atoms with E-state index in [-0.39, 0.29) is 53.5 Å². The fraction of sp³-hybridized carbons (Fsp3) is 0.667. The zero-order chi connectivity index (χ0) is 30.1. The Balaban J connectivity index is 3.00. The molecule has 4 atom stereocenters. The number of rotatable bonds is 12. The number of hydrogen-bond donors (Lipinski definition) is 1. The maximum Gasteiger partial charge on any atom is 0.323 e. The summed E-state index contributed by atoms with van der Waals surface area (Å²) in [6.07, 6.45) is -0.298. The van der Waals surface area contributed by atoms with Gasteiger partial charge in [-0.05, 0) is 55.2 Å². The van der Waals surface area contributed by atoms with E-state index in [4.69, 9.17) is 24.7 Å². The van der Waals surface area contributed by atoms with E-state index in [1.807, 2.05) is 48.5 Å². The number of benzene rings is 1. The van der Waals surface area contributed by atoms with E-state index in [9.17, 15) is 19.2 Å². The molecule has 0 saturated carbocycles. The normalized spacial score (nSPS) is 14.9. The summed E-state index contributed by atoms with van der Waals surface area (Å²) < 4.78 is 21.9. The molecule has 1 rings (SSSR count). The molecule has 0 fully saturated rings. The monoisotopic (exact) mass is 549 g/mol. The van der Waals surface area contributed by atoms with Crippen LogP contribution in [0.1, 0.15) is 94.1 Å². The number of nitrogens with two attached hydrogens (primary N) is 1. The Kier molecular flexibility index (Phi) is 12.6. The molecule has 0 heterocycles. The summed E-state index contributed by atoms with van der Waals surface area (Å²) in [4.78, 5) is 49.7. The first-order chi connectivity index (χ1) is 17.8. The lowest BCUT2D eigenvalue weighted by atomic mass is 9.92. The lowest BCUT2D eigenvalue weighted by Crippen LogP contribution is -2.40. The summed E-state index contributed by atoms with van der Waals surface area (Å²) in [5.41, 5.74) is 6.11. The van der Waals surface area contributed by atoms with E-state index < -0.39 is 36.2 Å². The minimum absolute atomic E-state index is 0.0727. The van der Waals surface area contributed by atoms with Crippen LogP contribution in [0.25, 0.3) is 0 Å². The second kappa shape index (κ2) is 14.4. The van der Waals surface area contributed by atoms with Gasteiger partial charge in [0.2, 0.25) is 0 Å². The Labute approximate surface area is 233 Å². The molecule has 0 aliphatic carbocycles. The van der Waals surface area contributed by atoms with Crippen LogP contribution >= 0.6 is 0 Å². The fourth-order valence-corrected chi connectivity index (χ4v) is 3.29. The molecule has 0 radical (unpaired) electrons. The van der Waals surface area contributed by atoms with Gasteiger partial charge < -0.3 is 24.7 Å². The van der Waals surface area contributed by atoms with Crippen LogP contribution in [-0.4, -0.2) is 42.1 Å². The average molecular weight is 550 g/mol. The lowest BCUT2D eigenvalue weighted by molar-refractivity contribution is -0.168. The Morgan fingerprint density at radius 3 is 1.69 bits per heavy atom. The molecule has 0 aliphatic heterocycles. The average Bonchev–Trinajstić information content (AvgIpc) is 2.77. The number of esters is 4. The van der Waals surface area contributed by atoms with Crippen LogP contribution in [0.2, 0.25) is 0 Å². The second-order valence-electron chi connectivity index (χ2n) is 12.6. The summed E-state index contributed by atoms with van der Waals surface area (Å²) in [5.74, 6) is -2.03. The van der Waals surface area contributed by atoms with E-state index in [2.05, 4.69) is 0 Å². The molecule has 1 unspecified atom stereocenters. The maximum atomic E-state index is 12.7. The fourth-order valence-electron chi connectivity index (χ4n) is 3.29. The van der Waals surface area contributed by atoms with Crippen molar-refractivity contribution in [2.45, 2.75) is 113 Å². The zero-order valence-corrected chi connectivity index (χ0v) is 25.2. The van der Waals surface area contributed by atoms with Gasteiger partial charge in [0.05, 0.1) is 18.8 Å². The van der Waals surface area contributed by atoms with E-state index in [0.29, 0.717) is 12.0 Å². The Bertz CT molecular complexity index is 1010. The first-order valence-corrected chi connectivity index (χ1v) is 13.5. The summed E-state index contributed by atoms with van der Waals surface area (Å²) in [7, 11) is 0. The lowest BCUT2D eigenvalue weighted by Gasteiger charge is -2.23. The molecule has 0 aromatic heterocycles. The molecule has 1 aromatic carbocycles. The maximum absolute atomic E-state index is 12.7. The molecule has 9 nitrogen and oxygen atoms in total. The minimum Gasteiger partial charge on any atom is -0.459 e. The highest BCUT2D eigenvalue weighted by molar-refractivity contribution is 5.78. The predicted octanol–water partition coefficient (Wildman–Crippen LogP) is 5.15. The summed E-state index contributed by atoms with van der Waals surface area (Å²) in [5, 5.41) is 0. The van der Waals surface area contributed by atoms with Crippen molar-refractivity contribution >= 4 is 23.9 Å².